The average molecular weight is 405 g/mol. The molecule has 0 nitrogen and oxygen atoms in total. The molecule has 21 heavy (non-hydrogen) atoms. The second-order valence-electron chi connectivity index (χ2n) is 6.42. The van der Waals surface area contributed by atoms with Crippen molar-refractivity contribution in [3.63, 3.8) is 0 Å². The van der Waals surface area contributed by atoms with Gasteiger partial charge in [-0.3, -0.25) is 0 Å². The first-order valence-corrected chi connectivity index (χ1v) is 9.95. The Hall–Kier alpha value is 0.423. The fraction of sp³-hybridized carbons (Fsp3) is 0.556. The molecular weight excluding hydrogens is 378 g/mol. The SMILES string of the molecule is CC1=CCC(C(C)C)=[C]1[Zr+2][C]1=C(C(C)C)CC=C1C.[Cl-].[Cl-]. The molecule has 0 saturated carbocycles. The summed E-state index contributed by atoms with van der Waals surface area (Å²) in [6.07, 6.45) is 7.34. The van der Waals surface area contributed by atoms with Gasteiger partial charge in [0.2, 0.25) is 0 Å². The molecule has 0 aromatic heterocycles. The third kappa shape index (κ3) is 4.70. The molecule has 0 fully saturated rings. The van der Waals surface area contributed by atoms with Crippen LogP contribution in [0.15, 0.2) is 41.0 Å². The molecule has 0 aromatic carbocycles. The summed E-state index contributed by atoms with van der Waals surface area (Å²) in [6, 6.07) is 0. The van der Waals surface area contributed by atoms with Crippen molar-refractivity contribution in [3.8, 4) is 0 Å². The Balaban J connectivity index is 0.00000200. The first-order valence-electron chi connectivity index (χ1n) is 7.49. The van der Waals surface area contributed by atoms with E-state index in [1.54, 1.807) is 28.9 Å². The van der Waals surface area contributed by atoms with Crippen LogP contribution in [0.3, 0.4) is 0 Å². The molecule has 3 heteroatoms. The molecule has 0 amide bonds. The molecule has 0 unspecified atom stereocenters. The Morgan fingerprint density at radius 1 is 0.762 bits per heavy atom. The number of halogens is 2. The van der Waals surface area contributed by atoms with E-state index in [0.29, 0.717) is 0 Å². The molecule has 0 heterocycles. The Labute approximate surface area is 154 Å². The van der Waals surface area contributed by atoms with Crippen LogP contribution in [-0.4, -0.2) is 0 Å². The van der Waals surface area contributed by atoms with Gasteiger partial charge in [0.25, 0.3) is 0 Å². The van der Waals surface area contributed by atoms with Crippen LogP contribution in [0.4, 0.5) is 0 Å². The summed E-state index contributed by atoms with van der Waals surface area (Å²) in [5, 5.41) is 0. The van der Waals surface area contributed by atoms with E-state index < -0.39 is 23.2 Å². The van der Waals surface area contributed by atoms with E-state index in [2.05, 4.69) is 53.7 Å². The molecule has 0 aliphatic heterocycles. The largest absolute Gasteiger partial charge is 1.00 e. The van der Waals surface area contributed by atoms with E-state index in [4.69, 9.17) is 0 Å². The van der Waals surface area contributed by atoms with Crippen molar-refractivity contribution in [1.29, 1.82) is 0 Å². The molecule has 0 N–H and O–H groups in total. The van der Waals surface area contributed by atoms with Gasteiger partial charge in [-0.15, -0.1) is 0 Å². The van der Waals surface area contributed by atoms with Gasteiger partial charge in [-0.25, -0.2) is 0 Å². The summed E-state index contributed by atoms with van der Waals surface area (Å²) >= 11 is -0.613. The molecule has 2 aliphatic carbocycles. The fourth-order valence-electron chi connectivity index (χ4n) is 2.97. The maximum atomic E-state index is 2.45. The zero-order valence-electron chi connectivity index (χ0n) is 14.0. The molecule has 2 aliphatic rings. The summed E-state index contributed by atoms with van der Waals surface area (Å²) in [5.74, 6) is 1.44. The Morgan fingerprint density at radius 2 is 1.10 bits per heavy atom. The van der Waals surface area contributed by atoms with Crippen molar-refractivity contribution in [2.75, 3.05) is 0 Å². The first-order chi connectivity index (χ1) is 8.91. The smallest absolute Gasteiger partial charge is 1.00 e. The van der Waals surface area contributed by atoms with Crippen LogP contribution in [0.1, 0.15) is 54.4 Å². The second kappa shape index (κ2) is 8.90. The summed E-state index contributed by atoms with van der Waals surface area (Å²) in [4.78, 5) is 0. The van der Waals surface area contributed by atoms with Gasteiger partial charge in [0.05, 0.1) is 0 Å². The first kappa shape index (κ1) is 21.4. The zero-order chi connectivity index (χ0) is 14.2. The van der Waals surface area contributed by atoms with E-state index in [0.717, 1.165) is 11.8 Å². The van der Waals surface area contributed by atoms with E-state index >= 15 is 0 Å². The molecule has 116 valence electrons. The predicted molar refractivity (Wildman–Crippen MR) is 80.5 cm³/mol. The minimum absolute atomic E-state index is 0. The van der Waals surface area contributed by atoms with Crippen LogP contribution in [-0.2, 0) is 23.2 Å². The zero-order valence-corrected chi connectivity index (χ0v) is 17.9. The van der Waals surface area contributed by atoms with E-state index in [9.17, 15) is 0 Å². The molecule has 0 atom stereocenters. The van der Waals surface area contributed by atoms with E-state index in [1.165, 1.54) is 12.8 Å². The number of hydrogen-bond donors (Lipinski definition) is 0. The molecular formula is C18H26Cl2Zr. The Kier molecular flexibility index (Phi) is 9.08. The second-order valence-corrected chi connectivity index (χ2v) is 9.49. The molecule has 2 rings (SSSR count). The summed E-state index contributed by atoms with van der Waals surface area (Å²) in [5.41, 5.74) is 6.65. The van der Waals surface area contributed by atoms with Gasteiger partial charge in [-0.05, 0) is 0 Å². The van der Waals surface area contributed by atoms with Gasteiger partial charge in [-0.1, -0.05) is 0 Å². The van der Waals surface area contributed by atoms with Crippen molar-refractivity contribution >= 4 is 0 Å². The van der Waals surface area contributed by atoms with E-state index in [-0.39, 0.29) is 24.8 Å². The Bertz CT molecular complexity index is 459. The molecule has 0 spiro atoms. The Morgan fingerprint density at radius 3 is 1.38 bits per heavy atom. The molecule has 0 bridgehead atoms. The monoisotopic (exact) mass is 402 g/mol. The minimum atomic E-state index is -0.613. The van der Waals surface area contributed by atoms with Gasteiger partial charge in [0.15, 0.2) is 0 Å². The number of hydrogen-bond acceptors (Lipinski definition) is 0. The number of allylic oxidation sites excluding steroid dienone is 8. The average Bonchev–Trinajstić information content (AvgIpc) is 2.85. The van der Waals surface area contributed by atoms with Crippen molar-refractivity contribution < 1.29 is 48.0 Å². The predicted octanol–water partition coefficient (Wildman–Crippen LogP) is -0.403. The maximum absolute atomic E-state index is 2.45. The van der Waals surface area contributed by atoms with Gasteiger partial charge in [0.1, 0.15) is 0 Å². The summed E-state index contributed by atoms with van der Waals surface area (Å²) in [7, 11) is 0. The van der Waals surface area contributed by atoms with Crippen LogP contribution in [0.25, 0.3) is 0 Å². The van der Waals surface area contributed by atoms with E-state index in [1.807, 2.05) is 0 Å². The van der Waals surface area contributed by atoms with Crippen LogP contribution in [0.5, 0.6) is 0 Å². The van der Waals surface area contributed by atoms with Crippen LogP contribution in [0, 0.1) is 11.8 Å². The summed E-state index contributed by atoms with van der Waals surface area (Å²) in [6.45, 7) is 14.1. The molecule has 0 aromatic rings. The third-order valence-electron chi connectivity index (χ3n) is 4.33. The van der Waals surface area contributed by atoms with Gasteiger partial charge < -0.3 is 24.8 Å². The van der Waals surface area contributed by atoms with Crippen LogP contribution < -0.4 is 24.8 Å². The minimum Gasteiger partial charge on any atom is -1.00 e. The van der Waals surface area contributed by atoms with Crippen molar-refractivity contribution in [1.82, 2.24) is 0 Å². The standard InChI is InChI=1S/2C9H13.2ClH.Zr/c2*1-7(2)9-5-4-8(3)6-9;;;/h2*4,7H,5H2,1-3H3;2*1H;/q;;;;+2/p-2. The maximum Gasteiger partial charge on any atom is -1.00 e. The number of rotatable bonds is 4. The summed E-state index contributed by atoms with van der Waals surface area (Å²) < 4.78 is 3.59. The molecule has 0 radical (unpaired) electrons. The fourth-order valence-corrected chi connectivity index (χ4v) is 7.77. The molecule has 0 saturated heterocycles. The third-order valence-corrected chi connectivity index (χ3v) is 9.08. The van der Waals surface area contributed by atoms with Crippen molar-refractivity contribution in [2.24, 2.45) is 11.8 Å². The quantitative estimate of drug-likeness (QED) is 0.598. The van der Waals surface area contributed by atoms with Gasteiger partial charge in [0, 0.05) is 0 Å². The normalized spacial score (nSPS) is 17.7. The van der Waals surface area contributed by atoms with Crippen LogP contribution in [0.2, 0.25) is 0 Å². The van der Waals surface area contributed by atoms with Gasteiger partial charge in [-0.2, -0.15) is 0 Å². The van der Waals surface area contributed by atoms with Crippen molar-refractivity contribution in [3.05, 3.63) is 41.0 Å². The van der Waals surface area contributed by atoms with Gasteiger partial charge >= 0.3 is 130 Å². The van der Waals surface area contributed by atoms with Crippen LogP contribution >= 0.6 is 0 Å². The topological polar surface area (TPSA) is 0 Å². The van der Waals surface area contributed by atoms with Crippen molar-refractivity contribution in [2.45, 2.75) is 54.4 Å².